The Morgan fingerprint density at radius 2 is 2.06 bits per heavy atom. The Balaban J connectivity index is 2.09. The van der Waals surface area contributed by atoms with Crippen LogP contribution in [0.5, 0.6) is 0 Å². The zero-order chi connectivity index (χ0) is 11.0. The van der Waals surface area contributed by atoms with Gasteiger partial charge in [-0.15, -0.1) is 0 Å². The first-order chi connectivity index (χ1) is 7.84. The number of aromatic nitrogens is 2. The SMILES string of the molecule is Clc1cc(N2CCNCC2)c2cn[nH]c2c1. The summed E-state index contributed by atoms with van der Waals surface area (Å²) >= 11 is 6.11. The maximum atomic E-state index is 6.11. The standard InChI is InChI=1S/C11H13ClN4/c12-8-5-10-9(7-14-15-10)11(6-8)16-3-1-13-2-4-16/h5-7,13H,1-4H2,(H,14,15). The Morgan fingerprint density at radius 3 is 2.88 bits per heavy atom. The van der Waals surface area contributed by atoms with Gasteiger partial charge >= 0.3 is 0 Å². The topological polar surface area (TPSA) is 44.0 Å². The van der Waals surface area contributed by atoms with Crippen molar-refractivity contribution in [2.45, 2.75) is 0 Å². The molecule has 2 heterocycles. The van der Waals surface area contributed by atoms with Crippen molar-refractivity contribution < 1.29 is 0 Å². The molecule has 2 aromatic rings. The summed E-state index contributed by atoms with van der Waals surface area (Å²) in [6, 6.07) is 3.93. The molecule has 0 atom stereocenters. The van der Waals surface area contributed by atoms with E-state index < -0.39 is 0 Å². The van der Waals surface area contributed by atoms with Gasteiger partial charge < -0.3 is 10.2 Å². The summed E-state index contributed by atoms with van der Waals surface area (Å²) in [7, 11) is 0. The van der Waals surface area contributed by atoms with Crippen LogP contribution < -0.4 is 10.2 Å². The summed E-state index contributed by atoms with van der Waals surface area (Å²) in [4.78, 5) is 2.35. The van der Waals surface area contributed by atoms with Crippen molar-refractivity contribution in [2.24, 2.45) is 0 Å². The summed E-state index contributed by atoms with van der Waals surface area (Å²) in [5, 5.41) is 12.3. The molecule has 0 unspecified atom stereocenters. The second-order valence-corrected chi connectivity index (χ2v) is 4.43. The number of hydrogen-bond donors (Lipinski definition) is 2. The van der Waals surface area contributed by atoms with Crippen molar-refractivity contribution in [2.75, 3.05) is 31.1 Å². The van der Waals surface area contributed by atoms with Gasteiger partial charge in [0, 0.05) is 42.3 Å². The van der Waals surface area contributed by atoms with E-state index in [1.165, 1.54) is 5.69 Å². The van der Waals surface area contributed by atoms with Crippen LogP contribution in [0.4, 0.5) is 5.69 Å². The van der Waals surface area contributed by atoms with Crippen molar-refractivity contribution in [1.82, 2.24) is 15.5 Å². The summed E-state index contributed by atoms with van der Waals surface area (Å²) in [5.41, 5.74) is 2.18. The van der Waals surface area contributed by atoms with Crippen LogP contribution in [0.3, 0.4) is 0 Å². The first kappa shape index (κ1) is 9.93. The molecule has 3 rings (SSSR count). The molecule has 84 valence electrons. The fourth-order valence-electron chi connectivity index (χ4n) is 2.17. The van der Waals surface area contributed by atoms with Gasteiger partial charge in [0.05, 0.1) is 11.7 Å². The molecular weight excluding hydrogens is 224 g/mol. The molecule has 0 amide bonds. The Labute approximate surface area is 98.6 Å². The Hall–Kier alpha value is -1.26. The van der Waals surface area contributed by atoms with E-state index in [0.29, 0.717) is 0 Å². The van der Waals surface area contributed by atoms with E-state index in [-0.39, 0.29) is 0 Å². The highest BCUT2D eigenvalue weighted by Gasteiger charge is 2.14. The van der Waals surface area contributed by atoms with Crippen molar-refractivity contribution >= 4 is 28.2 Å². The first-order valence-corrected chi connectivity index (χ1v) is 5.81. The summed E-state index contributed by atoms with van der Waals surface area (Å²) in [5.74, 6) is 0. The van der Waals surface area contributed by atoms with Gasteiger partial charge in [0.25, 0.3) is 0 Å². The molecule has 0 radical (unpaired) electrons. The fraction of sp³-hybridized carbons (Fsp3) is 0.364. The molecule has 1 saturated heterocycles. The second-order valence-electron chi connectivity index (χ2n) is 3.99. The minimum atomic E-state index is 0.755. The molecule has 2 N–H and O–H groups in total. The van der Waals surface area contributed by atoms with Gasteiger partial charge in [-0.2, -0.15) is 5.10 Å². The van der Waals surface area contributed by atoms with Crippen LogP contribution in [0.2, 0.25) is 5.02 Å². The van der Waals surface area contributed by atoms with Crippen LogP contribution in [0.15, 0.2) is 18.3 Å². The normalized spacial score (nSPS) is 16.9. The van der Waals surface area contributed by atoms with Gasteiger partial charge in [-0.1, -0.05) is 11.6 Å². The Morgan fingerprint density at radius 1 is 1.25 bits per heavy atom. The van der Waals surface area contributed by atoms with Gasteiger partial charge in [-0.3, -0.25) is 5.10 Å². The maximum Gasteiger partial charge on any atom is 0.0686 e. The van der Waals surface area contributed by atoms with Crippen LogP contribution in [-0.4, -0.2) is 36.4 Å². The molecular formula is C11H13ClN4. The number of nitrogens with zero attached hydrogens (tertiary/aromatic N) is 2. The predicted molar refractivity (Wildman–Crippen MR) is 66.2 cm³/mol. The third-order valence-electron chi connectivity index (χ3n) is 2.96. The molecule has 0 bridgehead atoms. The average Bonchev–Trinajstić information content (AvgIpc) is 2.77. The molecule has 1 aliphatic rings. The van der Waals surface area contributed by atoms with Gasteiger partial charge in [0.1, 0.15) is 0 Å². The third kappa shape index (κ3) is 1.64. The van der Waals surface area contributed by atoms with Crippen molar-refractivity contribution in [3.63, 3.8) is 0 Å². The number of fused-ring (bicyclic) bond motifs is 1. The maximum absolute atomic E-state index is 6.11. The largest absolute Gasteiger partial charge is 0.368 e. The average molecular weight is 237 g/mol. The minimum absolute atomic E-state index is 0.755. The highest BCUT2D eigenvalue weighted by atomic mass is 35.5. The molecule has 1 aromatic heterocycles. The highest BCUT2D eigenvalue weighted by molar-refractivity contribution is 6.31. The molecule has 16 heavy (non-hydrogen) atoms. The van der Waals surface area contributed by atoms with Crippen LogP contribution in [0.25, 0.3) is 10.9 Å². The van der Waals surface area contributed by atoms with Crippen LogP contribution in [-0.2, 0) is 0 Å². The van der Waals surface area contributed by atoms with Gasteiger partial charge in [-0.25, -0.2) is 0 Å². The summed E-state index contributed by atoms with van der Waals surface area (Å²) in [6.45, 7) is 4.07. The van der Waals surface area contributed by atoms with Gasteiger partial charge in [-0.05, 0) is 12.1 Å². The predicted octanol–water partition coefficient (Wildman–Crippen LogP) is 1.63. The lowest BCUT2D eigenvalue weighted by atomic mass is 10.2. The number of anilines is 1. The lowest BCUT2D eigenvalue weighted by molar-refractivity contribution is 0.590. The number of nitrogens with one attached hydrogen (secondary N) is 2. The molecule has 1 aromatic carbocycles. The van der Waals surface area contributed by atoms with Gasteiger partial charge in [0.15, 0.2) is 0 Å². The van der Waals surface area contributed by atoms with Crippen molar-refractivity contribution in [3.8, 4) is 0 Å². The van der Waals surface area contributed by atoms with Crippen LogP contribution in [0, 0.1) is 0 Å². The molecule has 0 aliphatic carbocycles. The molecule has 0 saturated carbocycles. The lowest BCUT2D eigenvalue weighted by Crippen LogP contribution is -2.43. The second kappa shape index (κ2) is 3.96. The summed E-state index contributed by atoms with van der Waals surface area (Å²) < 4.78 is 0. The van der Waals surface area contributed by atoms with E-state index in [1.54, 1.807) is 0 Å². The van der Waals surface area contributed by atoms with E-state index in [2.05, 4.69) is 20.4 Å². The summed E-state index contributed by atoms with van der Waals surface area (Å²) in [6.07, 6.45) is 1.86. The number of piperazine rings is 1. The Bertz CT molecular complexity index is 502. The lowest BCUT2D eigenvalue weighted by Gasteiger charge is -2.30. The molecule has 0 spiro atoms. The van der Waals surface area contributed by atoms with E-state index in [4.69, 9.17) is 11.6 Å². The number of rotatable bonds is 1. The number of halogens is 1. The molecule has 5 heteroatoms. The van der Waals surface area contributed by atoms with Crippen molar-refractivity contribution in [3.05, 3.63) is 23.4 Å². The minimum Gasteiger partial charge on any atom is -0.368 e. The number of benzene rings is 1. The zero-order valence-corrected chi connectivity index (χ0v) is 9.59. The van der Waals surface area contributed by atoms with Crippen LogP contribution in [0.1, 0.15) is 0 Å². The Kier molecular flexibility index (Phi) is 2.46. The molecule has 4 nitrogen and oxygen atoms in total. The highest BCUT2D eigenvalue weighted by Crippen LogP contribution is 2.29. The molecule has 1 aliphatic heterocycles. The number of aromatic amines is 1. The third-order valence-corrected chi connectivity index (χ3v) is 3.18. The van der Waals surface area contributed by atoms with E-state index in [9.17, 15) is 0 Å². The fourth-order valence-corrected chi connectivity index (χ4v) is 2.38. The first-order valence-electron chi connectivity index (χ1n) is 5.43. The van der Waals surface area contributed by atoms with E-state index >= 15 is 0 Å². The number of hydrogen-bond acceptors (Lipinski definition) is 3. The van der Waals surface area contributed by atoms with Crippen LogP contribution >= 0.6 is 11.6 Å². The molecule has 1 fully saturated rings. The monoisotopic (exact) mass is 236 g/mol. The quantitative estimate of drug-likeness (QED) is 0.791. The zero-order valence-electron chi connectivity index (χ0n) is 8.83. The van der Waals surface area contributed by atoms with Crippen molar-refractivity contribution in [1.29, 1.82) is 0 Å². The van der Waals surface area contributed by atoms with Gasteiger partial charge in [0.2, 0.25) is 0 Å². The van der Waals surface area contributed by atoms with E-state index in [0.717, 1.165) is 42.1 Å². The number of H-pyrrole nitrogens is 1. The smallest absolute Gasteiger partial charge is 0.0686 e. The van der Waals surface area contributed by atoms with E-state index in [1.807, 2.05) is 18.3 Å².